The average molecular weight is 472 g/mol. The van der Waals surface area contributed by atoms with Crippen LogP contribution in [0.15, 0.2) is 47.2 Å². The van der Waals surface area contributed by atoms with Crippen molar-refractivity contribution in [1.82, 2.24) is 29.7 Å². The van der Waals surface area contributed by atoms with Crippen LogP contribution in [-0.4, -0.2) is 48.3 Å². The van der Waals surface area contributed by atoms with Gasteiger partial charge in [-0.05, 0) is 37.4 Å². The molecule has 0 amide bonds. The van der Waals surface area contributed by atoms with Crippen molar-refractivity contribution in [2.75, 3.05) is 11.9 Å². The number of ether oxygens (including phenoxy) is 1. The maximum Gasteiger partial charge on any atom is 0.340 e. The second-order valence-electron chi connectivity index (χ2n) is 8.52. The van der Waals surface area contributed by atoms with Crippen molar-refractivity contribution < 1.29 is 14.1 Å². The Morgan fingerprint density at radius 3 is 2.80 bits per heavy atom. The number of pyridine rings is 2. The van der Waals surface area contributed by atoms with Crippen LogP contribution in [0.1, 0.15) is 35.9 Å². The van der Waals surface area contributed by atoms with E-state index < -0.39 is 5.97 Å². The van der Waals surface area contributed by atoms with Gasteiger partial charge in [0.2, 0.25) is 11.7 Å². The summed E-state index contributed by atoms with van der Waals surface area (Å²) in [6.45, 7) is 6.00. The molecule has 4 aromatic heterocycles. The molecule has 0 aliphatic heterocycles. The van der Waals surface area contributed by atoms with Crippen molar-refractivity contribution in [3.8, 4) is 11.4 Å². The number of carbonyl (C=O) groups excluding carboxylic acids is 1. The van der Waals surface area contributed by atoms with Crippen LogP contribution in [0.5, 0.6) is 0 Å². The quantitative estimate of drug-likeness (QED) is 0.350. The summed E-state index contributed by atoms with van der Waals surface area (Å²) in [6, 6.07) is 9.67. The highest BCUT2D eigenvalue weighted by molar-refractivity contribution is 5.94. The number of esters is 1. The highest BCUT2D eigenvalue weighted by atomic mass is 16.5. The molecule has 0 fully saturated rings. The van der Waals surface area contributed by atoms with E-state index in [0.29, 0.717) is 41.4 Å². The van der Waals surface area contributed by atoms with Gasteiger partial charge in [-0.1, -0.05) is 17.3 Å². The maximum absolute atomic E-state index is 12.2. The first-order valence-electron chi connectivity index (χ1n) is 11.3. The molecule has 0 unspecified atom stereocenters. The Labute approximate surface area is 201 Å². The monoisotopic (exact) mass is 471 g/mol. The number of benzene rings is 1. The number of nitrogens with one attached hydrogen (secondary N) is 1. The van der Waals surface area contributed by atoms with Gasteiger partial charge in [0.15, 0.2) is 5.65 Å². The van der Waals surface area contributed by atoms with Crippen LogP contribution in [0.25, 0.3) is 33.3 Å². The minimum absolute atomic E-state index is 0.196. The minimum atomic E-state index is -0.402. The Hall–Kier alpha value is -4.34. The lowest BCUT2D eigenvalue weighted by atomic mass is 10.1. The number of hydrogen-bond donors (Lipinski definition) is 1. The SMILES string of the molecule is Cc1nc(-c2ccc3ccnc(NCCc4nc5cc(C(=O)OC(C)C)cnc5n4C)c3c2)no1. The van der Waals surface area contributed by atoms with E-state index in [4.69, 9.17) is 9.26 Å². The van der Waals surface area contributed by atoms with E-state index in [2.05, 4.69) is 30.4 Å². The second kappa shape index (κ2) is 9.13. The van der Waals surface area contributed by atoms with Gasteiger partial charge >= 0.3 is 5.97 Å². The Balaban J connectivity index is 1.34. The molecule has 10 heteroatoms. The molecule has 0 saturated heterocycles. The van der Waals surface area contributed by atoms with Gasteiger partial charge in [0, 0.05) is 50.3 Å². The third-order valence-electron chi connectivity index (χ3n) is 5.57. The number of fused-ring (bicyclic) bond motifs is 2. The minimum Gasteiger partial charge on any atom is -0.459 e. The predicted molar refractivity (Wildman–Crippen MR) is 131 cm³/mol. The van der Waals surface area contributed by atoms with E-state index >= 15 is 0 Å². The molecule has 5 rings (SSSR count). The van der Waals surface area contributed by atoms with Crippen LogP contribution >= 0.6 is 0 Å². The Bertz CT molecular complexity index is 1540. The van der Waals surface area contributed by atoms with Crippen LogP contribution in [0, 0.1) is 6.92 Å². The lowest BCUT2D eigenvalue weighted by Crippen LogP contribution is -2.11. The van der Waals surface area contributed by atoms with Crippen molar-refractivity contribution in [2.45, 2.75) is 33.3 Å². The average Bonchev–Trinajstić information content (AvgIpc) is 3.41. The lowest BCUT2D eigenvalue weighted by molar-refractivity contribution is 0.0377. The zero-order valence-corrected chi connectivity index (χ0v) is 19.9. The highest BCUT2D eigenvalue weighted by Gasteiger charge is 2.15. The van der Waals surface area contributed by atoms with E-state index in [-0.39, 0.29) is 6.10 Å². The first-order chi connectivity index (χ1) is 16.9. The summed E-state index contributed by atoms with van der Waals surface area (Å²) in [5.74, 6) is 2.27. The zero-order valence-electron chi connectivity index (χ0n) is 19.9. The van der Waals surface area contributed by atoms with Crippen molar-refractivity contribution in [2.24, 2.45) is 7.05 Å². The topological polar surface area (TPSA) is 121 Å². The van der Waals surface area contributed by atoms with Crippen molar-refractivity contribution in [3.63, 3.8) is 0 Å². The zero-order chi connectivity index (χ0) is 24.5. The molecular weight excluding hydrogens is 446 g/mol. The van der Waals surface area contributed by atoms with Crippen LogP contribution < -0.4 is 5.32 Å². The van der Waals surface area contributed by atoms with Gasteiger partial charge in [-0.3, -0.25) is 0 Å². The number of carbonyl (C=O) groups is 1. The summed E-state index contributed by atoms with van der Waals surface area (Å²) in [6.07, 6.45) is 3.75. The molecule has 0 bridgehead atoms. The van der Waals surface area contributed by atoms with Crippen LogP contribution in [0.2, 0.25) is 0 Å². The molecule has 0 aliphatic rings. The van der Waals surface area contributed by atoms with Gasteiger partial charge in [-0.15, -0.1) is 0 Å². The molecular formula is C25H25N7O3. The lowest BCUT2D eigenvalue weighted by Gasteiger charge is -2.09. The molecule has 178 valence electrons. The predicted octanol–water partition coefficient (Wildman–Crippen LogP) is 4.09. The summed E-state index contributed by atoms with van der Waals surface area (Å²) >= 11 is 0. The molecule has 0 aliphatic carbocycles. The van der Waals surface area contributed by atoms with Gasteiger partial charge in [0.25, 0.3) is 0 Å². The fourth-order valence-corrected chi connectivity index (χ4v) is 3.90. The number of anilines is 1. The van der Waals surface area contributed by atoms with Crippen molar-refractivity contribution >= 4 is 33.7 Å². The maximum atomic E-state index is 12.2. The van der Waals surface area contributed by atoms with Gasteiger partial charge in [0.05, 0.1) is 11.7 Å². The summed E-state index contributed by atoms with van der Waals surface area (Å²) in [7, 11) is 1.92. The van der Waals surface area contributed by atoms with E-state index in [1.165, 1.54) is 6.20 Å². The molecule has 10 nitrogen and oxygen atoms in total. The van der Waals surface area contributed by atoms with Gasteiger partial charge in [0.1, 0.15) is 17.2 Å². The first-order valence-corrected chi connectivity index (χ1v) is 11.3. The normalized spacial score (nSPS) is 11.5. The van der Waals surface area contributed by atoms with Crippen molar-refractivity contribution in [3.05, 3.63) is 60.0 Å². The Morgan fingerprint density at radius 2 is 2.03 bits per heavy atom. The molecule has 0 saturated carbocycles. The molecule has 0 radical (unpaired) electrons. The van der Waals surface area contributed by atoms with Gasteiger partial charge in [-0.2, -0.15) is 4.98 Å². The number of aryl methyl sites for hydroxylation is 2. The third-order valence-corrected chi connectivity index (χ3v) is 5.57. The standard InChI is InChI=1S/C25H25N7O3/c1-14(2)34-25(33)18-12-20-24(28-13-18)32(4)21(30-20)8-10-27-23-19-11-17(22-29-15(3)35-31-22)6-5-16(19)7-9-26-23/h5-7,9,11-14H,8,10H2,1-4H3,(H,26,27). The van der Waals surface area contributed by atoms with Crippen LogP contribution in [0.4, 0.5) is 5.82 Å². The van der Waals surface area contributed by atoms with Crippen LogP contribution in [0.3, 0.4) is 0 Å². The fraction of sp³-hybridized carbons (Fsp3) is 0.280. The van der Waals surface area contributed by atoms with Gasteiger partial charge < -0.3 is 19.1 Å². The van der Waals surface area contributed by atoms with E-state index in [1.54, 1.807) is 19.2 Å². The van der Waals surface area contributed by atoms with Crippen LogP contribution in [-0.2, 0) is 18.2 Å². The molecule has 1 N–H and O–H groups in total. The van der Waals surface area contributed by atoms with E-state index in [9.17, 15) is 4.79 Å². The molecule has 5 aromatic rings. The molecule has 4 heterocycles. The molecule has 35 heavy (non-hydrogen) atoms. The first kappa shape index (κ1) is 22.5. The summed E-state index contributed by atoms with van der Waals surface area (Å²) in [4.78, 5) is 30.2. The van der Waals surface area contributed by atoms with E-state index in [0.717, 1.165) is 28.0 Å². The molecule has 1 aromatic carbocycles. The largest absolute Gasteiger partial charge is 0.459 e. The number of rotatable bonds is 7. The Morgan fingerprint density at radius 1 is 1.17 bits per heavy atom. The second-order valence-corrected chi connectivity index (χ2v) is 8.52. The van der Waals surface area contributed by atoms with Gasteiger partial charge in [-0.25, -0.2) is 19.7 Å². The number of imidazole rings is 1. The molecule has 0 spiro atoms. The number of aromatic nitrogens is 6. The summed E-state index contributed by atoms with van der Waals surface area (Å²) in [5, 5.41) is 9.45. The van der Waals surface area contributed by atoms with E-state index in [1.807, 2.05) is 49.7 Å². The molecule has 0 atom stereocenters. The third kappa shape index (κ3) is 4.54. The number of nitrogens with zero attached hydrogens (tertiary/aromatic N) is 6. The number of hydrogen-bond acceptors (Lipinski definition) is 9. The highest BCUT2D eigenvalue weighted by Crippen LogP contribution is 2.27. The van der Waals surface area contributed by atoms with Crippen molar-refractivity contribution in [1.29, 1.82) is 0 Å². The smallest absolute Gasteiger partial charge is 0.340 e. The summed E-state index contributed by atoms with van der Waals surface area (Å²) in [5.41, 5.74) is 2.62. The summed E-state index contributed by atoms with van der Waals surface area (Å²) < 4.78 is 12.3. The Kier molecular flexibility index (Phi) is 5.86. The fourth-order valence-electron chi connectivity index (χ4n) is 3.90.